The molecule has 7 heteroatoms. The van der Waals surface area contributed by atoms with Crippen molar-refractivity contribution in [2.75, 3.05) is 4.90 Å². The number of rotatable bonds is 5. The second-order valence-electron chi connectivity index (χ2n) is 4.97. The maximum atomic E-state index is 12.0. The molecule has 0 aromatic carbocycles. The molecule has 0 radical (unpaired) electrons. The van der Waals surface area contributed by atoms with Gasteiger partial charge in [0.15, 0.2) is 0 Å². The van der Waals surface area contributed by atoms with E-state index in [1.807, 2.05) is 13.8 Å². The van der Waals surface area contributed by atoms with Crippen molar-refractivity contribution in [2.24, 2.45) is 0 Å². The van der Waals surface area contributed by atoms with Crippen molar-refractivity contribution >= 4 is 11.9 Å². The summed E-state index contributed by atoms with van der Waals surface area (Å²) in [5.74, 6) is -0.221. The molecule has 0 unspecified atom stereocenters. The zero-order valence-electron chi connectivity index (χ0n) is 12.6. The first-order valence-electron chi connectivity index (χ1n) is 6.86. The number of aromatic nitrogens is 3. The van der Waals surface area contributed by atoms with E-state index >= 15 is 0 Å². The zero-order valence-corrected chi connectivity index (χ0v) is 12.6. The minimum absolute atomic E-state index is 0.0260. The summed E-state index contributed by atoms with van der Waals surface area (Å²) in [5.41, 5.74) is -1.19. The summed E-state index contributed by atoms with van der Waals surface area (Å²) in [7, 11) is 0. The van der Waals surface area contributed by atoms with Crippen LogP contribution in [0.15, 0.2) is 9.59 Å². The molecule has 0 fully saturated rings. The lowest BCUT2D eigenvalue weighted by Crippen LogP contribution is -2.45. The van der Waals surface area contributed by atoms with Gasteiger partial charge in [-0.05, 0) is 26.7 Å². The van der Waals surface area contributed by atoms with E-state index in [1.165, 1.54) is 11.8 Å². The molecular weight excluding hydrogens is 260 g/mol. The van der Waals surface area contributed by atoms with Gasteiger partial charge >= 0.3 is 11.4 Å². The normalized spacial score (nSPS) is 11.2. The fourth-order valence-corrected chi connectivity index (χ4v) is 2.22. The van der Waals surface area contributed by atoms with Gasteiger partial charge in [0.2, 0.25) is 11.9 Å². The van der Waals surface area contributed by atoms with E-state index in [0.29, 0.717) is 12.8 Å². The highest BCUT2D eigenvalue weighted by Crippen LogP contribution is 2.14. The number of anilines is 1. The number of carbonyl (C=O) groups excluding carboxylic acids is 1. The van der Waals surface area contributed by atoms with Gasteiger partial charge in [0.1, 0.15) is 0 Å². The summed E-state index contributed by atoms with van der Waals surface area (Å²) in [6.07, 6.45) is 1.43. The Morgan fingerprint density at radius 2 is 1.85 bits per heavy atom. The minimum Gasteiger partial charge on any atom is -0.279 e. The van der Waals surface area contributed by atoms with Gasteiger partial charge in [-0.3, -0.25) is 14.7 Å². The summed E-state index contributed by atoms with van der Waals surface area (Å²) in [5, 5.41) is 0. The Morgan fingerprint density at radius 3 is 2.20 bits per heavy atom. The number of hydrogen-bond donors (Lipinski definition) is 1. The van der Waals surface area contributed by atoms with Crippen LogP contribution in [0.1, 0.15) is 53.5 Å². The van der Waals surface area contributed by atoms with Crippen LogP contribution in [-0.2, 0) is 4.79 Å². The van der Waals surface area contributed by atoms with E-state index in [0.717, 1.165) is 4.57 Å². The van der Waals surface area contributed by atoms with Crippen LogP contribution in [0.25, 0.3) is 0 Å². The monoisotopic (exact) mass is 282 g/mol. The second-order valence-corrected chi connectivity index (χ2v) is 4.97. The summed E-state index contributed by atoms with van der Waals surface area (Å²) in [6.45, 7) is 8.73. The van der Waals surface area contributed by atoms with E-state index in [2.05, 4.69) is 9.97 Å². The van der Waals surface area contributed by atoms with E-state index in [4.69, 9.17) is 0 Å². The highest BCUT2D eigenvalue weighted by atomic mass is 16.2. The van der Waals surface area contributed by atoms with Gasteiger partial charge < -0.3 is 0 Å². The molecule has 0 aliphatic heterocycles. The highest BCUT2D eigenvalue weighted by Gasteiger charge is 2.23. The number of amides is 1. The first-order valence-corrected chi connectivity index (χ1v) is 6.86. The fourth-order valence-electron chi connectivity index (χ4n) is 2.22. The van der Waals surface area contributed by atoms with Gasteiger partial charge in [-0.2, -0.15) is 4.98 Å². The van der Waals surface area contributed by atoms with Crippen LogP contribution >= 0.6 is 0 Å². The molecule has 1 aromatic rings. The molecule has 112 valence electrons. The third-order valence-corrected chi connectivity index (χ3v) is 3.24. The van der Waals surface area contributed by atoms with Gasteiger partial charge in [0.05, 0.1) is 0 Å². The van der Waals surface area contributed by atoms with Crippen molar-refractivity contribution in [1.82, 2.24) is 14.5 Å². The predicted octanol–water partition coefficient (Wildman–Crippen LogP) is 1.05. The van der Waals surface area contributed by atoms with Gasteiger partial charge in [0.25, 0.3) is 0 Å². The molecule has 1 rings (SSSR count). The van der Waals surface area contributed by atoms with E-state index < -0.39 is 11.4 Å². The van der Waals surface area contributed by atoms with Crippen molar-refractivity contribution in [1.29, 1.82) is 0 Å². The predicted molar refractivity (Wildman–Crippen MR) is 77.0 cm³/mol. The number of aromatic amines is 1. The van der Waals surface area contributed by atoms with E-state index in [9.17, 15) is 14.4 Å². The summed E-state index contributed by atoms with van der Waals surface area (Å²) in [4.78, 5) is 43.4. The Morgan fingerprint density at radius 1 is 1.30 bits per heavy atom. The number of H-pyrrole nitrogens is 1. The average molecular weight is 282 g/mol. The standard InChI is InChI=1S/C13H22N4O3/c1-6-10(7-2)17(9(5)18)11-14-12(19)16(8(3)4)13(20)15-11/h8,10H,6-7H2,1-5H3,(H,14,15,19,20). The lowest BCUT2D eigenvalue weighted by Gasteiger charge is -2.27. The Kier molecular flexibility index (Phi) is 5.24. The smallest absolute Gasteiger partial charge is 0.279 e. The Hall–Kier alpha value is -1.92. The van der Waals surface area contributed by atoms with E-state index in [-0.39, 0.29) is 23.9 Å². The third kappa shape index (κ3) is 3.15. The van der Waals surface area contributed by atoms with Crippen LogP contribution in [-0.4, -0.2) is 26.5 Å². The molecule has 1 heterocycles. The van der Waals surface area contributed by atoms with Crippen LogP contribution in [0.5, 0.6) is 0 Å². The molecule has 1 N–H and O–H groups in total. The maximum absolute atomic E-state index is 12.0. The van der Waals surface area contributed by atoms with Gasteiger partial charge in [-0.15, -0.1) is 0 Å². The van der Waals surface area contributed by atoms with Crippen LogP contribution in [0.4, 0.5) is 5.95 Å². The Bertz CT molecular complexity index is 553. The first kappa shape index (κ1) is 16.1. The third-order valence-electron chi connectivity index (χ3n) is 3.24. The average Bonchev–Trinajstić information content (AvgIpc) is 2.33. The molecule has 0 saturated heterocycles. The molecule has 1 amide bonds. The molecule has 0 aliphatic rings. The van der Waals surface area contributed by atoms with Crippen molar-refractivity contribution in [3.8, 4) is 0 Å². The zero-order chi connectivity index (χ0) is 15.4. The molecule has 0 saturated carbocycles. The van der Waals surface area contributed by atoms with Gasteiger partial charge in [0, 0.05) is 19.0 Å². The lowest BCUT2D eigenvalue weighted by atomic mass is 10.1. The molecule has 1 aromatic heterocycles. The molecule has 0 bridgehead atoms. The number of nitrogens with one attached hydrogen (secondary N) is 1. The largest absolute Gasteiger partial charge is 0.355 e. The van der Waals surface area contributed by atoms with Gasteiger partial charge in [-0.1, -0.05) is 13.8 Å². The molecule has 0 aliphatic carbocycles. The minimum atomic E-state index is -0.643. The number of nitrogens with zero attached hydrogens (tertiary/aromatic N) is 3. The Balaban J connectivity index is 3.41. The number of carbonyl (C=O) groups is 1. The number of hydrogen-bond acceptors (Lipinski definition) is 4. The molecule has 20 heavy (non-hydrogen) atoms. The second kappa shape index (κ2) is 6.49. The van der Waals surface area contributed by atoms with Crippen molar-refractivity contribution in [3.05, 3.63) is 21.0 Å². The summed E-state index contributed by atoms with van der Waals surface area (Å²) >= 11 is 0. The van der Waals surface area contributed by atoms with Crippen molar-refractivity contribution in [3.63, 3.8) is 0 Å². The van der Waals surface area contributed by atoms with Gasteiger partial charge in [-0.25, -0.2) is 14.2 Å². The van der Waals surface area contributed by atoms with E-state index in [1.54, 1.807) is 13.8 Å². The fraction of sp³-hybridized carbons (Fsp3) is 0.692. The van der Waals surface area contributed by atoms with Crippen LogP contribution in [0.2, 0.25) is 0 Å². The molecule has 0 atom stereocenters. The lowest BCUT2D eigenvalue weighted by molar-refractivity contribution is -0.117. The van der Waals surface area contributed by atoms with Crippen molar-refractivity contribution < 1.29 is 4.79 Å². The molecular formula is C13H22N4O3. The van der Waals surface area contributed by atoms with Crippen LogP contribution in [0.3, 0.4) is 0 Å². The first-order chi connectivity index (χ1) is 9.33. The highest BCUT2D eigenvalue weighted by molar-refractivity contribution is 5.90. The van der Waals surface area contributed by atoms with Crippen LogP contribution in [0, 0.1) is 0 Å². The Labute approximate surface area is 117 Å². The SMILES string of the molecule is CCC(CC)N(C(C)=O)c1nc(=O)n(C(C)C)c(=O)[nH]1. The summed E-state index contributed by atoms with van der Waals surface area (Å²) in [6, 6.07) is -0.378. The molecule has 7 nitrogen and oxygen atoms in total. The maximum Gasteiger partial charge on any atom is 0.355 e. The molecule has 0 spiro atoms. The quantitative estimate of drug-likeness (QED) is 0.874. The van der Waals surface area contributed by atoms with Crippen LogP contribution < -0.4 is 16.3 Å². The summed E-state index contributed by atoms with van der Waals surface area (Å²) < 4.78 is 1.02. The van der Waals surface area contributed by atoms with Crippen molar-refractivity contribution in [2.45, 2.75) is 59.5 Å². The topological polar surface area (TPSA) is 88.1 Å².